The van der Waals surface area contributed by atoms with Crippen LogP contribution < -0.4 is 5.73 Å². The quantitative estimate of drug-likeness (QED) is 0.757. The predicted octanol–water partition coefficient (Wildman–Crippen LogP) is 1.05. The predicted molar refractivity (Wildman–Crippen MR) is 62.5 cm³/mol. The number of tetrazole rings is 1. The standard InChI is InChI=1S/C9H19N5S/c1-3-4-5-14-9(11-12-13-14)7-15-8(2)6-10/h8H,3-7,10H2,1-2H3. The maximum atomic E-state index is 5.55. The molecule has 0 radical (unpaired) electrons. The summed E-state index contributed by atoms with van der Waals surface area (Å²) in [5, 5.41) is 12.1. The van der Waals surface area contributed by atoms with E-state index in [4.69, 9.17) is 5.73 Å². The first-order chi connectivity index (χ1) is 7.27. The molecule has 1 unspecified atom stereocenters. The highest BCUT2D eigenvalue weighted by atomic mass is 32.2. The van der Waals surface area contributed by atoms with Crippen LogP contribution in [0.4, 0.5) is 0 Å². The molecule has 0 fully saturated rings. The number of nitrogens with two attached hydrogens (primary N) is 1. The summed E-state index contributed by atoms with van der Waals surface area (Å²) in [6.07, 6.45) is 2.28. The van der Waals surface area contributed by atoms with Gasteiger partial charge in [0.25, 0.3) is 0 Å². The molecule has 2 N–H and O–H groups in total. The van der Waals surface area contributed by atoms with Gasteiger partial charge in [-0.3, -0.25) is 0 Å². The molecule has 1 aromatic rings. The molecule has 0 aromatic carbocycles. The van der Waals surface area contributed by atoms with Gasteiger partial charge < -0.3 is 5.73 Å². The van der Waals surface area contributed by atoms with Crippen LogP contribution in [0.3, 0.4) is 0 Å². The van der Waals surface area contributed by atoms with E-state index >= 15 is 0 Å². The van der Waals surface area contributed by atoms with Crippen molar-refractivity contribution in [3.63, 3.8) is 0 Å². The summed E-state index contributed by atoms with van der Waals surface area (Å²) >= 11 is 1.79. The van der Waals surface area contributed by atoms with Crippen molar-refractivity contribution >= 4 is 11.8 Å². The lowest BCUT2D eigenvalue weighted by atomic mass is 10.3. The van der Waals surface area contributed by atoms with Crippen LogP contribution in [0, 0.1) is 0 Å². The third-order valence-electron chi connectivity index (χ3n) is 2.16. The lowest BCUT2D eigenvalue weighted by Gasteiger charge is -2.07. The van der Waals surface area contributed by atoms with Crippen LogP contribution >= 0.6 is 11.8 Å². The van der Waals surface area contributed by atoms with Gasteiger partial charge in [0.15, 0.2) is 5.82 Å². The Kier molecular flexibility index (Phi) is 5.63. The van der Waals surface area contributed by atoms with Gasteiger partial charge in [-0.25, -0.2) is 4.68 Å². The van der Waals surface area contributed by atoms with E-state index in [-0.39, 0.29) is 0 Å². The number of unbranched alkanes of at least 4 members (excludes halogenated alkanes) is 1. The second-order valence-electron chi connectivity index (χ2n) is 3.53. The largest absolute Gasteiger partial charge is 0.329 e. The summed E-state index contributed by atoms with van der Waals surface area (Å²) in [5.74, 6) is 1.79. The molecule has 0 bridgehead atoms. The van der Waals surface area contributed by atoms with Crippen molar-refractivity contribution in [3.05, 3.63) is 5.82 Å². The number of hydrogen-bond acceptors (Lipinski definition) is 5. The number of thioether (sulfide) groups is 1. The highest BCUT2D eigenvalue weighted by molar-refractivity contribution is 7.99. The molecule has 6 heteroatoms. The molecule has 0 aliphatic rings. The van der Waals surface area contributed by atoms with E-state index in [2.05, 4.69) is 29.4 Å². The zero-order chi connectivity index (χ0) is 11.1. The van der Waals surface area contributed by atoms with Gasteiger partial charge in [0.2, 0.25) is 0 Å². The maximum absolute atomic E-state index is 5.55. The number of aromatic nitrogens is 4. The first-order valence-corrected chi connectivity index (χ1v) is 6.39. The second-order valence-corrected chi connectivity index (χ2v) is 4.96. The molecule has 86 valence electrons. The molecule has 1 aromatic heterocycles. The normalized spacial score (nSPS) is 13.0. The van der Waals surface area contributed by atoms with Gasteiger partial charge in [-0.05, 0) is 16.8 Å². The fraction of sp³-hybridized carbons (Fsp3) is 0.889. The molecule has 0 saturated heterocycles. The average Bonchev–Trinajstić information content (AvgIpc) is 2.70. The van der Waals surface area contributed by atoms with Crippen molar-refractivity contribution in [1.82, 2.24) is 20.2 Å². The molecule has 5 nitrogen and oxygen atoms in total. The van der Waals surface area contributed by atoms with Crippen LogP contribution in [0.5, 0.6) is 0 Å². The van der Waals surface area contributed by atoms with Gasteiger partial charge in [0, 0.05) is 18.3 Å². The van der Waals surface area contributed by atoms with Gasteiger partial charge in [-0.2, -0.15) is 0 Å². The van der Waals surface area contributed by atoms with E-state index in [1.54, 1.807) is 11.8 Å². The van der Waals surface area contributed by atoms with E-state index < -0.39 is 0 Å². The van der Waals surface area contributed by atoms with Crippen molar-refractivity contribution < 1.29 is 0 Å². The summed E-state index contributed by atoms with van der Waals surface area (Å²) in [7, 11) is 0. The molecular formula is C9H19N5S. The lowest BCUT2D eigenvalue weighted by molar-refractivity contribution is 0.540. The zero-order valence-corrected chi connectivity index (χ0v) is 10.2. The Hall–Kier alpha value is -0.620. The van der Waals surface area contributed by atoms with Gasteiger partial charge in [0.1, 0.15) is 0 Å². The minimum Gasteiger partial charge on any atom is -0.329 e. The molecule has 0 amide bonds. The molecule has 0 aliphatic carbocycles. The Morgan fingerprint density at radius 2 is 2.33 bits per heavy atom. The van der Waals surface area contributed by atoms with Crippen LogP contribution in [0.25, 0.3) is 0 Å². The fourth-order valence-electron chi connectivity index (χ4n) is 1.09. The number of aryl methyl sites for hydroxylation is 1. The molecule has 0 spiro atoms. The van der Waals surface area contributed by atoms with Gasteiger partial charge in [-0.1, -0.05) is 20.3 Å². The third-order valence-corrected chi connectivity index (χ3v) is 3.34. The lowest BCUT2D eigenvalue weighted by Crippen LogP contribution is -2.13. The van der Waals surface area contributed by atoms with E-state index in [1.807, 2.05) is 4.68 Å². The van der Waals surface area contributed by atoms with Gasteiger partial charge in [0.05, 0.1) is 5.75 Å². The van der Waals surface area contributed by atoms with E-state index in [9.17, 15) is 0 Å². The Morgan fingerprint density at radius 1 is 1.53 bits per heavy atom. The van der Waals surface area contributed by atoms with Crippen molar-refractivity contribution in [2.24, 2.45) is 5.73 Å². The van der Waals surface area contributed by atoms with Crippen LogP contribution in [-0.2, 0) is 12.3 Å². The molecule has 0 saturated carbocycles. The van der Waals surface area contributed by atoms with Gasteiger partial charge in [-0.15, -0.1) is 16.9 Å². The maximum Gasteiger partial charge on any atom is 0.161 e. The number of hydrogen-bond donors (Lipinski definition) is 1. The zero-order valence-electron chi connectivity index (χ0n) is 9.39. The number of nitrogens with zero attached hydrogens (tertiary/aromatic N) is 4. The Labute approximate surface area is 94.8 Å². The van der Waals surface area contributed by atoms with Crippen LogP contribution in [0.15, 0.2) is 0 Å². The second kappa shape index (κ2) is 6.79. The number of rotatable bonds is 7. The minimum absolute atomic E-state index is 0.460. The van der Waals surface area contributed by atoms with Gasteiger partial charge >= 0.3 is 0 Å². The topological polar surface area (TPSA) is 69.6 Å². The highest BCUT2D eigenvalue weighted by Gasteiger charge is 2.07. The minimum atomic E-state index is 0.460. The summed E-state index contributed by atoms with van der Waals surface area (Å²) < 4.78 is 1.89. The molecule has 15 heavy (non-hydrogen) atoms. The Morgan fingerprint density at radius 3 is 3.00 bits per heavy atom. The highest BCUT2D eigenvalue weighted by Crippen LogP contribution is 2.14. The van der Waals surface area contributed by atoms with Crippen LogP contribution in [-0.4, -0.2) is 32.0 Å². The summed E-state index contributed by atoms with van der Waals surface area (Å²) in [6.45, 7) is 5.89. The molecule has 1 heterocycles. The molecule has 1 rings (SSSR count). The van der Waals surface area contributed by atoms with E-state index in [0.717, 1.165) is 31.0 Å². The van der Waals surface area contributed by atoms with Crippen molar-refractivity contribution in [3.8, 4) is 0 Å². The summed E-state index contributed by atoms with van der Waals surface area (Å²) in [6, 6.07) is 0. The Bertz CT molecular complexity index is 275. The first kappa shape index (κ1) is 12.4. The van der Waals surface area contributed by atoms with Crippen molar-refractivity contribution in [2.75, 3.05) is 6.54 Å². The SMILES string of the molecule is CCCCn1nnnc1CSC(C)CN. The van der Waals surface area contributed by atoms with E-state index in [0.29, 0.717) is 11.8 Å². The molecular weight excluding hydrogens is 210 g/mol. The molecule has 1 atom stereocenters. The monoisotopic (exact) mass is 229 g/mol. The van der Waals surface area contributed by atoms with E-state index in [1.165, 1.54) is 0 Å². The average molecular weight is 229 g/mol. The summed E-state index contributed by atoms with van der Waals surface area (Å²) in [4.78, 5) is 0. The van der Waals surface area contributed by atoms with Crippen LogP contribution in [0.1, 0.15) is 32.5 Å². The van der Waals surface area contributed by atoms with Crippen molar-refractivity contribution in [1.29, 1.82) is 0 Å². The smallest absolute Gasteiger partial charge is 0.161 e. The fourth-order valence-corrected chi connectivity index (χ4v) is 1.87. The first-order valence-electron chi connectivity index (χ1n) is 5.34. The third kappa shape index (κ3) is 4.17. The van der Waals surface area contributed by atoms with Crippen LogP contribution in [0.2, 0.25) is 0 Å². The summed E-state index contributed by atoms with van der Waals surface area (Å²) in [5.41, 5.74) is 5.55. The molecule has 0 aliphatic heterocycles. The Balaban J connectivity index is 2.42. The van der Waals surface area contributed by atoms with Crippen molar-refractivity contribution in [2.45, 2.75) is 44.2 Å².